The Bertz CT molecular complexity index is 1260. The number of nitrogens with one attached hydrogen (secondary N) is 2. The first-order valence-electron chi connectivity index (χ1n) is 9.73. The van der Waals surface area contributed by atoms with Crippen molar-refractivity contribution >= 4 is 28.7 Å². The van der Waals surface area contributed by atoms with E-state index in [4.69, 9.17) is 0 Å². The molecule has 14 heteroatoms. The first kappa shape index (κ1) is 25.6. The van der Waals surface area contributed by atoms with Gasteiger partial charge in [0, 0.05) is 0 Å². The summed E-state index contributed by atoms with van der Waals surface area (Å²) in [6.07, 6.45) is -11.1. The van der Waals surface area contributed by atoms with Gasteiger partial charge in [-0.2, -0.15) is 26.3 Å². The molecule has 3 rings (SSSR count). The summed E-state index contributed by atoms with van der Waals surface area (Å²) in [5.74, 6) is -6.73. The first-order chi connectivity index (χ1) is 16.3. The number of anilines is 1. The number of carbonyl (C=O) groups is 2. The van der Waals surface area contributed by atoms with Crippen LogP contribution in [0.2, 0.25) is 0 Å². The quantitative estimate of drug-likeness (QED) is 0.293. The summed E-state index contributed by atoms with van der Waals surface area (Å²) in [7, 11) is 0. The van der Waals surface area contributed by atoms with Crippen LogP contribution in [0.15, 0.2) is 48.5 Å². The predicted octanol–water partition coefficient (Wildman–Crippen LogP) is 4.45. The van der Waals surface area contributed by atoms with Crippen LogP contribution in [0.5, 0.6) is 0 Å². The highest BCUT2D eigenvalue weighted by Crippen LogP contribution is 2.38. The molecule has 1 unspecified atom stereocenters. The number of aromatic nitrogens is 2. The second-order valence-corrected chi connectivity index (χ2v) is 6.93. The van der Waals surface area contributed by atoms with Gasteiger partial charge in [0.2, 0.25) is 0 Å². The Balaban J connectivity index is 2.23. The van der Waals surface area contributed by atoms with Crippen molar-refractivity contribution in [2.75, 3.05) is 11.9 Å². The number of halogens is 7. The number of hydrogen-bond donors (Lipinski definition) is 2. The van der Waals surface area contributed by atoms with Gasteiger partial charge in [-0.05, 0) is 31.2 Å². The molecular weight excluding hydrogens is 489 g/mol. The smallest absolute Gasteiger partial charge is 0.441 e. The zero-order chi connectivity index (χ0) is 26.0. The molecule has 0 saturated heterocycles. The van der Waals surface area contributed by atoms with E-state index < -0.39 is 59.4 Å². The molecule has 1 aromatic heterocycles. The molecule has 186 valence electrons. The molecule has 0 saturated carbocycles. The molecule has 1 atom stereocenters. The third-order valence-corrected chi connectivity index (χ3v) is 4.57. The van der Waals surface area contributed by atoms with Crippen molar-refractivity contribution in [3.63, 3.8) is 0 Å². The third kappa shape index (κ3) is 5.10. The Morgan fingerprint density at radius 1 is 0.914 bits per heavy atom. The van der Waals surface area contributed by atoms with Gasteiger partial charge in [-0.25, -0.2) is 19.2 Å². The molecule has 1 heterocycles. The van der Waals surface area contributed by atoms with Gasteiger partial charge in [0.25, 0.3) is 5.91 Å². The zero-order valence-electron chi connectivity index (χ0n) is 17.6. The molecule has 0 spiro atoms. The van der Waals surface area contributed by atoms with Gasteiger partial charge in [0.1, 0.15) is 5.82 Å². The summed E-state index contributed by atoms with van der Waals surface area (Å²) < 4.78 is 103. The van der Waals surface area contributed by atoms with Crippen molar-refractivity contribution in [3.05, 3.63) is 65.6 Å². The molecule has 7 nitrogen and oxygen atoms in total. The summed E-state index contributed by atoms with van der Waals surface area (Å²) in [6.45, 7) is 0.498. The minimum Gasteiger partial charge on any atom is -0.463 e. The number of nitrogens with zero attached hydrogens (tertiary/aromatic N) is 2. The molecule has 0 aliphatic rings. The summed E-state index contributed by atoms with van der Waals surface area (Å²) >= 11 is 0. The van der Waals surface area contributed by atoms with Crippen LogP contribution in [0, 0.1) is 5.82 Å². The van der Waals surface area contributed by atoms with Gasteiger partial charge in [-0.1, -0.05) is 24.3 Å². The lowest BCUT2D eigenvalue weighted by Gasteiger charge is -2.35. The highest BCUT2D eigenvalue weighted by molar-refractivity contribution is 5.99. The summed E-state index contributed by atoms with van der Waals surface area (Å²) in [6, 6.07) is 8.84. The number of esters is 1. The lowest BCUT2D eigenvalue weighted by molar-refractivity contribution is -0.205. The molecule has 35 heavy (non-hydrogen) atoms. The highest BCUT2D eigenvalue weighted by atomic mass is 19.4. The molecule has 3 aromatic rings. The van der Waals surface area contributed by atoms with Gasteiger partial charge in [-0.3, -0.25) is 4.79 Å². The summed E-state index contributed by atoms with van der Waals surface area (Å²) in [5, 5.41) is 2.62. The Hall–Kier alpha value is -3.97. The lowest BCUT2D eigenvalue weighted by Crippen LogP contribution is -2.69. The number of alkyl halides is 6. The van der Waals surface area contributed by atoms with Crippen LogP contribution >= 0.6 is 0 Å². The Morgan fingerprint density at radius 3 is 2.03 bits per heavy atom. The van der Waals surface area contributed by atoms with Crippen LogP contribution in [0.25, 0.3) is 11.0 Å². The lowest BCUT2D eigenvalue weighted by atomic mass is 10.1. The Kier molecular flexibility index (Phi) is 6.85. The van der Waals surface area contributed by atoms with Crippen LogP contribution < -0.4 is 10.6 Å². The van der Waals surface area contributed by atoms with Gasteiger partial charge in [0.15, 0.2) is 11.5 Å². The number of fused-ring (bicyclic) bond motifs is 1. The van der Waals surface area contributed by atoms with Crippen LogP contribution in [-0.4, -0.2) is 40.3 Å². The molecule has 1 amide bonds. The highest BCUT2D eigenvalue weighted by Gasteiger charge is 2.64. The Labute approximate surface area is 192 Å². The zero-order valence-corrected chi connectivity index (χ0v) is 17.6. The fourth-order valence-corrected chi connectivity index (χ4v) is 2.98. The maximum Gasteiger partial charge on any atom is 0.441 e. The molecule has 0 fully saturated rings. The molecular formula is C21H15F7N4O3. The van der Waals surface area contributed by atoms with E-state index in [9.17, 15) is 40.3 Å². The van der Waals surface area contributed by atoms with Gasteiger partial charge in [-0.15, -0.1) is 0 Å². The molecule has 0 aliphatic carbocycles. The molecule has 2 aromatic carbocycles. The van der Waals surface area contributed by atoms with Crippen molar-refractivity contribution in [3.8, 4) is 0 Å². The average Bonchev–Trinajstić information content (AvgIpc) is 2.77. The molecule has 0 radical (unpaired) electrons. The van der Waals surface area contributed by atoms with E-state index in [1.165, 1.54) is 28.8 Å². The second kappa shape index (κ2) is 9.35. The van der Waals surface area contributed by atoms with Crippen molar-refractivity contribution in [1.82, 2.24) is 15.3 Å². The van der Waals surface area contributed by atoms with E-state index in [1.54, 1.807) is 0 Å². The Morgan fingerprint density at radius 2 is 1.49 bits per heavy atom. The van der Waals surface area contributed by atoms with E-state index in [0.717, 1.165) is 37.3 Å². The number of benzene rings is 2. The van der Waals surface area contributed by atoms with E-state index in [2.05, 4.69) is 14.7 Å². The first-order valence-corrected chi connectivity index (χ1v) is 9.73. The molecule has 2 N–H and O–H groups in total. The number of ether oxygens (including phenoxy) is 1. The van der Waals surface area contributed by atoms with Crippen LogP contribution in [0.4, 0.5) is 36.6 Å². The fourth-order valence-electron chi connectivity index (χ4n) is 2.98. The SMILES string of the molecule is CCOC(=O)C(NC(=O)c1ccccc1F)(Nc1nc2ccccc2nc1C(F)(F)F)C(F)(F)F. The third-order valence-electron chi connectivity index (χ3n) is 4.57. The van der Waals surface area contributed by atoms with Crippen molar-refractivity contribution in [2.45, 2.75) is 24.9 Å². The maximum atomic E-state index is 14.4. The van der Waals surface area contributed by atoms with Crippen LogP contribution in [0.3, 0.4) is 0 Å². The fraction of sp³-hybridized carbons (Fsp3) is 0.238. The molecule has 0 aliphatic heterocycles. The second-order valence-electron chi connectivity index (χ2n) is 6.93. The number of hydrogen-bond acceptors (Lipinski definition) is 6. The number of carbonyl (C=O) groups excluding carboxylic acids is 2. The maximum absolute atomic E-state index is 14.4. The number of para-hydroxylation sites is 2. The predicted molar refractivity (Wildman–Crippen MR) is 107 cm³/mol. The van der Waals surface area contributed by atoms with E-state index in [-0.39, 0.29) is 11.0 Å². The molecule has 0 bridgehead atoms. The van der Waals surface area contributed by atoms with Crippen LogP contribution in [0.1, 0.15) is 23.0 Å². The minimum absolute atomic E-state index is 0.247. The summed E-state index contributed by atoms with van der Waals surface area (Å²) in [4.78, 5) is 32.0. The monoisotopic (exact) mass is 504 g/mol. The summed E-state index contributed by atoms with van der Waals surface area (Å²) in [5.41, 5.74) is -7.64. The van der Waals surface area contributed by atoms with Crippen molar-refractivity contribution < 1.29 is 45.1 Å². The largest absolute Gasteiger partial charge is 0.463 e. The van der Waals surface area contributed by atoms with E-state index in [1.807, 2.05) is 0 Å². The topological polar surface area (TPSA) is 93.2 Å². The standard InChI is InChI=1S/C21H15F7N4O3/c1-2-35-18(34)19(21(26,27)28,32-17(33)11-7-3-4-8-12(11)22)31-16-15(20(23,24)25)29-13-9-5-6-10-14(13)30-16/h3-10H,2H2,1H3,(H,30,31)(H,32,33). The normalized spacial score (nSPS) is 13.7. The number of rotatable bonds is 6. The van der Waals surface area contributed by atoms with Gasteiger partial charge < -0.3 is 15.4 Å². The van der Waals surface area contributed by atoms with Crippen LogP contribution in [-0.2, 0) is 15.7 Å². The van der Waals surface area contributed by atoms with E-state index in [0.29, 0.717) is 0 Å². The van der Waals surface area contributed by atoms with Crippen molar-refractivity contribution in [1.29, 1.82) is 0 Å². The van der Waals surface area contributed by atoms with Gasteiger partial charge >= 0.3 is 24.0 Å². The average molecular weight is 504 g/mol. The van der Waals surface area contributed by atoms with E-state index >= 15 is 0 Å². The van der Waals surface area contributed by atoms with Crippen molar-refractivity contribution in [2.24, 2.45) is 0 Å². The minimum atomic E-state index is -5.80. The number of amides is 1. The van der Waals surface area contributed by atoms with Gasteiger partial charge in [0.05, 0.1) is 23.2 Å².